The summed E-state index contributed by atoms with van der Waals surface area (Å²) in [5.41, 5.74) is 0.652. The number of hydrogen-bond acceptors (Lipinski definition) is 4. The summed E-state index contributed by atoms with van der Waals surface area (Å²) in [7, 11) is 0. The van der Waals surface area contributed by atoms with Gasteiger partial charge in [-0.3, -0.25) is 4.79 Å². The van der Waals surface area contributed by atoms with Crippen molar-refractivity contribution < 1.29 is 14.7 Å². The number of hydrogen-bond donors (Lipinski definition) is 3. The van der Waals surface area contributed by atoms with Crippen molar-refractivity contribution in [3.63, 3.8) is 0 Å². The molecule has 8 nitrogen and oxygen atoms in total. The predicted octanol–water partition coefficient (Wildman–Crippen LogP) is 0.741. The Balaban J connectivity index is 1.78. The van der Waals surface area contributed by atoms with E-state index < -0.39 is 5.97 Å². The van der Waals surface area contributed by atoms with Gasteiger partial charge >= 0.3 is 12.0 Å². The van der Waals surface area contributed by atoms with E-state index in [4.69, 9.17) is 5.11 Å². The first-order valence-electron chi connectivity index (χ1n) is 7.02. The Bertz CT molecular complexity index is 526. The Morgan fingerprint density at radius 3 is 2.90 bits per heavy atom. The van der Waals surface area contributed by atoms with Crippen LogP contribution in [0.25, 0.3) is 0 Å². The predicted molar refractivity (Wildman–Crippen MR) is 74.4 cm³/mol. The number of nitrogens with one attached hydrogen (secondary N) is 2. The van der Waals surface area contributed by atoms with Gasteiger partial charge in [-0.25, -0.2) is 9.48 Å². The van der Waals surface area contributed by atoms with Gasteiger partial charge in [-0.2, -0.15) is 0 Å². The molecule has 1 fully saturated rings. The molecule has 1 aromatic heterocycles. The number of amides is 2. The average Bonchev–Trinajstić information content (AvgIpc) is 2.94. The molecule has 0 radical (unpaired) electrons. The van der Waals surface area contributed by atoms with Crippen molar-refractivity contribution in [3.8, 4) is 0 Å². The van der Waals surface area contributed by atoms with Gasteiger partial charge in [-0.05, 0) is 18.3 Å². The van der Waals surface area contributed by atoms with Crippen LogP contribution in [-0.2, 0) is 17.9 Å². The summed E-state index contributed by atoms with van der Waals surface area (Å²) >= 11 is 0. The van der Waals surface area contributed by atoms with Crippen LogP contribution < -0.4 is 10.6 Å². The molecule has 1 saturated carbocycles. The molecule has 21 heavy (non-hydrogen) atoms. The summed E-state index contributed by atoms with van der Waals surface area (Å²) in [4.78, 5) is 22.4. The fraction of sp³-hybridized carbons (Fsp3) is 0.692. The van der Waals surface area contributed by atoms with E-state index in [2.05, 4.69) is 34.8 Å². The van der Waals surface area contributed by atoms with Crippen molar-refractivity contribution in [1.82, 2.24) is 25.6 Å². The second-order valence-electron chi connectivity index (χ2n) is 6.06. The van der Waals surface area contributed by atoms with Crippen molar-refractivity contribution in [2.45, 2.75) is 52.2 Å². The van der Waals surface area contributed by atoms with E-state index >= 15 is 0 Å². The number of rotatable bonds is 5. The normalized spacial score (nSPS) is 20.2. The van der Waals surface area contributed by atoms with Gasteiger partial charge in [-0.15, -0.1) is 5.10 Å². The average molecular weight is 295 g/mol. The monoisotopic (exact) mass is 295 g/mol. The molecule has 1 atom stereocenters. The van der Waals surface area contributed by atoms with Crippen LogP contribution in [0.5, 0.6) is 0 Å². The molecule has 0 saturated heterocycles. The number of carbonyl (C=O) groups is 2. The van der Waals surface area contributed by atoms with Crippen LogP contribution in [-0.4, -0.2) is 38.1 Å². The zero-order chi connectivity index (χ0) is 15.5. The highest BCUT2D eigenvalue weighted by Crippen LogP contribution is 2.36. The molecular formula is C13H21N5O3. The number of carboxylic acid groups (broad SMARTS) is 1. The largest absolute Gasteiger partial charge is 0.480 e. The van der Waals surface area contributed by atoms with Crippen molar-refractivity contribution in [3.05, 3.63) is 11.9 Å². The molecule has 3 N–H and O–H groups in total. The third-order valence-electron chi connectivity index (χ3n) is 3.88. The molecule has 2 rings (SSSR count). The number of carbonyl (C=O) groups excluding carboxylic acids is 1. The lowest BCUT2D eigenvalue weighted by atomic mass is 9.87. The summed E-state index contributed by atoms with van der Waals surface area (Å²) in [6.45, 7) is 4.29. The first-order valence-corrected chi connectivity index (χ1v) is 7.02. The lowest BCUT2D eigenvalue weighted by Crippen LogP contribution is -2.46. The molecule has 8 heteroatoms. The molecule has 0 aliphatic heterocycles. The number of carboxylic acids is 1. The second kappa shape index (κ2) is 6.11. The fourth-order valence-electron chi connectivity index (χ4n) is 2.61. The summed E-state index contributed by atoms with van der Waals surface area (Å²) in [6, 6.07) is -0.0528. The van der Waals surface area contributed by atoms with Crippen molar-refractivity contribution >= 4 is 12.0 Å². The first-order chi connectivity index (χ1) is 9.87. The molecule has 1 aliphatic rings. The Morgan fingerprint density at radius 2 is 2.29 bits per heavy atom. The molecule has 2 amide bonds. The van der Waals surface area contributed by atoms with Gasteiger partial charge in [0.15, 0.2) is 0 Å². The van der Waals surface area contributed by atoms with E-state index in [1.807, 2.05) is 0 Å². The Morgan fingerprint density at radius 1 is 1.52 bits per heavy atom. The van der Waals surface area contributed by atoms with E-state index in [1.165, 1.54) is 10.9 Å². The minimum Gasteiger partial charge on any atom is -0.480 e. The van der Waals surface area contributed by atoms with Crippen LogP contribution in [0.1, 0.15) is 38.8 Å². The zero-order valence-corrected chi connectivity index (χ0v) is 12.3. The highest BCUT2D eigenvalue weighted by atomic mass is 16.4. The van der Waals surface area contributed by atoms with Gasteiger partial charge in [0.05, 0.1) is 12.7 Å². The number of urea groups is 1. The van der Waals surface area contributed by atoms with Crippen LogP contribution in [0.2, 0.25) is 0 Å². The van der Waals surface area contributed by atoms with E-state index in [1.54, 1.807) is 0 Å². The van der Waals surface area contributed by atoms with Gasteiger partial charge in [0, 0.05) is 6.04 Å². The summed E-state index contributed by atoms with van der Waals surface area (Å²) in [6.07, 6.45) is 4.74. The topological polar surface area (TPSA) is 109 Å². The Hall–Kier alpha value is -2.12. The third-order valence-corrected chi connectivity index (χ3v) is 3.88. The van der Waals surface area contributed by atoms with Crippen LogP contribution >= 0.6 is 0 Å². The summed E-state index contributed by atoms with van der Waals surface area (Å²) in [5, 5.41) is 21.8. The van der Waals surface area contributed by atoms with Gasteiger partial charge in [0.2, 0.25) is 0 Å². The second-order valence-corrected chi connectivity index (χ2v) is 6.06. The Labute approximate surface area is 122 Å². The molecule has 0 spiro atoms. The summed E-state index contributed by atoms with van der Waals surface area (Å²) in [5.74, 6) is -0.986. The molecule has 1 unspecified atom stereocenters. The van der Waals surface area contributed by atoms with E-state index in [-0.39, 0.29) is 30.6 Å². The smallest absolute Gasteiger partial charge is 0.325 e. The van der Waals surface area contributed by atoms with Gasteiger partial charge in [-0.1, -0.05) is 25.5 Å². The maximum absolute atomic E-state index is 11.9. The zero-order valence-electron chi connectivity index (χ0n) is 12.3. The van der Waals surface area contributed by atoms with Crippen molar-refractivity contribution in [2.75, 3.05) is 0 Å². The molecule has 0 bridgehead atoms. The van der Waals surface area contributed by atoms with Gasteiger partial charge < -0.3 is 15.7 Å². The molecule has 116 valence electrons. The highest BCUT2D eigenvalue weighted by Gasteiger charge is 2.35. The van der Waals surface area contributed by atoms with Gasteiger partial charge in [0.1, 0.15) is 12.2 Å². The molecule has 0 aromatic carbocycles. The van der Waals surface area contributed by atoms with Crippen LogP contribution in [0, 0.1) is 5.41 Å². The van der Waals surface area contributed by atoms with Crippen molar-refractivity contribution in [2.24, 2.45) is 5.41 Å². The number of nitrogens with zero attached hydrogens (tertiary/aromatic N) is 3. The molecule has 1 aromatic rings. The quantitative estimate of drug-likeness (QED) is 0.742. The first kappa shape index (κ1) is 15.3. The highest BCUT2D eigenvalue weighted by molar-refractivity contribution is 5.74. The lowest BCUT2D eigenvalue weighted by Gasteiger charge is -2.27. The fourth-order valence-corrected chi connectivity index (χ4v) is 2.61. The molecule has 1 heterocycles. The van der Waals surface area contributed by atoms with Crippen LogP contribution in [0.4, 0.5) is 4.79 Å². The molecular weight excluding hydrogens is 274 g/mol. The van der Waals surface area contributed by atoms with Gasteiger partial charge in [0.25, 0.3) is 0 Å². The Kier molecular flexibility index (Phi) is 4.44. The summed E-state index contributed by atoms with van der Waals surface area (Å²) < 4.78 is 1.22. The molecule has 1 aliphatic carbocycles. The maximum Gasteiger partial charge on any atom is 0.325 e. The standard InChI is InChI=1S/C13H21N5O3/c1-13(2)5-3-4-10(13)15-12(21)14-6-9-7-18(17-16-9)8-11(19)20/h7,10H,3-6,8H2,1-2H3,(H,19,20)(H2,14,15,21). The minimum absolute atomic E-state index is 0.127. The number of aromatic nitrogens is 3. The maximum atomic E-state index is 11.9. The lowest BCUT2D eigenvalue weighted by molar-refractivity contribution is -0.137. The van der Waals surface area contributed by atoms with E-state index in [0.717, 1.165) is 19.3 Å². The van der Waals surface area contributed by atoms with E-state index in [9.17, 15) is 9.59 Å². The third kappa shape index (κ3) is 4.17. The minimum atomic E-state index is -0.986. The van der Waals surface area contributed by atoms with E-state index in [0.29, 0.717) is 5.69 Å². The van der Waals surface area contributed by atoms with Crippen molar-refractivity contribution in [1.29, 1.82) is 0 Å². The number of aliphatic carboxylic acids is 1. The van der Waals surface area contributed by atoms with Crippen LogP contribution in [0.15, 0.2) is 6.20 Å². The SMILES string of the molecule is CC1(C)CCCC1NC(=O)NCc1cn(CC(=O)O)nn1. The van der Waals surface area contributed by atoms with Crippen LogP contribution in [0.3, 0.4) is 0 Å².